The number of carbonyl (C=O) groups is 2. The zero-order chi connectivity index (χ0) is 16.2. The molecule has 6 heteroatoms. The van der Waals surface area contributed by atoms with Crippen LogP contribution in [0.5, 0.6) is 5.75 Å². The summed E-state index contributed by atoms with van der Waals surface area (Å²) in [5.41, 5.74) is 1.20. The summed E-state index contributed by atoms with van der Waals surface area (Å²) in [7, 11) is 1.56. The van der Waals surface area contributed by atoms with Gasteiger partial charge in [-0.05, 0) is 18.2 Å². The molecule has 0 aliphatic carbocycles. The highest BCUT2D eigenvalue weighted by Crippen LogP contribution is 2.20. The number of hydrogen-bond donors (Lipinski definition) is 1. The van der Waals surface area contributed by atoms with Crippen molar-refractivity contribution in [1.29, 1.82) is 0 Å². The second kappa shape index (κ2) is 6.56. The second-order valence-corrected chi connectivity index (χ2v) is 5.38. The molecule has 1 N–H and O–H groups in total. The molecule has 3 rings (SSSR count). The Morgan fingerprint density at radius 3 is 2.26 bits per heavy atom. The molecule has 6 nitrogen and oxygen atoms in total. The number of methoxy groups -OCH3 is 1. The number of piperazine rings is 1. The topological polar surface area (TPSA) is 65.6 Å². The maximum atomic E-state index is 12.6. The van der Waals surface area contributed by atoms with E-state index in [1.54, 1.807) is 47.5 Å². The van der Waals surface area contributed by atoms with Gasteiger partial charge in [-0.2, -0.15) is 0 Å². The van der Waals surface area contributed by atoms with Crippen LogP contribution >= 0.6 is 0 Å². The standard InChI is InChI=1S/C17H19N3O3/c1-23-15-5-3-2-4-14(15)17(22)20-10-8-19(9-11-20)16(21)13-6-7-18-12-13/h2-7,12,18H,8-11H2,1H3. The molecule has 0 unspecified atom stereocenters. The molecule has 120 valence electrons. The minimum Gasteiger partial charge on any atom is -0.496 e. The number of amides is 2. The number of nitrogens with one attached hydrogen (secondary N) is 1. The Labute approximate surface area is 134 Å². The predicted molar refractivity (Wildman–Crippen MR) is 85.6 cm³/mol. The van der Waals surface area contributed by atoms with Gasteiger partial charge in [0, 0.05) is 38.6 Å². The molecule has 0 bridgehead atoms. The monoisotopic (exact) mass is 313 g/mol. The second-order valence-electron chi connectivity index (χ2n) is 5.38. The Hall–Kier alpha value is -2.76. The van der Waals surface area contributed by atoms with E-state index in [9.17, 15) is 9.59 Å². The fourth-order valence-electron chi connectivity index (χ4n) is 2.74. The summed E-state index contributed by atoms with van der Waals surface area (Å²) >= 11 is 0. The maximum Gasteiger partial charge on any atom is 0.257 e. The minimum absolute atomic E-state index is 0.00404. The van der Waals surface area contributed by atoms with Crippen molar-refractivity contribution < 1.29 is 14.3 Å². The van der Waals surface area contributed by atoms with Crippen LogP contribution in [-0.2, 0) is 0 Å². The van der Waals surface area contributed by atoms with E-state index < -0.39 is 0 Å². The minimum atomic E-state index is -0.0591. The van der Waals surface area contributed by atoms with Crippen LogP contribution in [0.15, 0.2) is 42.7 Å². The smallest absolute Gasteiger partial charge is 0.257 e. The highest BCUT2D eigenvalue weighted by molar-refractivity contribution is 5.97. The molecule has 2 aromatic rings. The third-order valence-corrected chi connectivity index (χ3v) is 4.04. The van der Waals surface area contributed by atoms with Crippen molar-refractivity contribution >= 4 is 11.8 Å². The lowest BCUT2D eigenvalue weighted by Crippen LogP contribution is -2.50. The average Bonchev–Trinajstić information content (AvgIpc) is 3.15. The van der Waals surface area contributed by atoms with Gasteiger partial charge in [0.05, 0.1) is 18.2 Å². The van der Waals surface area contributed by atoms with Crippen molar-refractivity contribution in [3.8, 4) is 5.75 Å². The normalized spacial score (nSPS) is 14.7. The summed E-state index contributed by atoms with van der Waals surface area (Å²) in [6, 6.07) is 8.95. The van der Waals surface area contributed by atoms with E-state index in [-0.39, 0.29) is 11.8 Å². The molecule has 23 heavy (non-hydrogen) atoms. The van der Waals surface area contributed by atoms with Crippen molar-refractivity contribution in [2.75, 3.05) is 33.3 Å². The van der Waals surface area contributed by atoms with E-state index in [2.05, 4.69) is 4.98 Å². The number of aromatic amines is 1. The molecule has 1 saturated heterocycles. The van der Waals surface area contributed by atoms with Crippen LogP contribution in [-0.4, -0.2) is 59.9 Å². The molecule has 1 aromatic carbocycles. The lowest BCUT2D eigenvalue weighted by Gasteiger charge is -2.34. The molecule has 0 radical (unpaired) electrons. The van der Waals surface area contributed by atoms with Gasteiger partial charge >= 0.3 is 0 Å². The summed E-state index contributed by atoms with van der Waals surface area (Å²) < 4.78 is 5.25. The van der Waals surface area contributed by atoms with Gasteiger partial charge in [0.1, 0.15) is 5.75 Å². The first-order chi connectivity index (χ1) is 11.2. The molecular formula is C17H19N3O3. The molecule has 2 heterocycles. The van der Waals surface area contributed by atoms with Gasteiger partial charge in [-0.1, -0.05) is 12.1 Å². The molecule has 1 aromatic heterocycles. The van der Waals surface area contributed by atoms with E-state index in [0.717, 1.165) is 0 Å². The number of para-hydroxylation sites is 1. The van der Waals surface area contributed by atoms with Crippen LogP contribution in [0, 0.1) is 0 Å². The molecule has 0 atom stereocenters. The van der Waals surface area contributed by atoms with Crippen LogP contribution in [0.1, 0.15) is 20.7 Å². The number of H-pyrrole nitrogens is 1. The first-order valence-corrected chi connectivity index (χ1v) is 7.55. The Kier molecular flexibility index (Phi) is 4.32. The fraction of sp³-hybridized carbons (Fsp3) is 0.294. The summed E-state index contributed by atoms with van der Waals surface area (Å²) in [4.78, 5) is 31.3. The van der Waals surface area contributed by atoms with Gasteiger partial charge in [-0.3, -0.25) is 9.59 Å². The van der Waals surface area contributed by atoms with Gasteiger partial charge in [0.15, 0.2) is 0 Å². The summed E-state index contributed by atoms with van der Waals surface area (Å²) in [5, 5.41) is 0. The van der Waals surface area contributed by atoms with Gasteiger partial charge in [-0.25, -0.2) is 0 Å². The van der Waals surface area contributed by atoms with Gasteiger partial charge < -0.3 is 19.5 Å². The van der Waals surface area contributed by atoms with Crippen LogP contribution in [0.3, 0.4) is 0 Å². The molecule has 0 saturated carbocycles. The maximum absolute atomic E-state index is 12.6. The summed E-state index contributed by atoms with van der Waals surface area (Å²) in [5.74, 6) is 0.509. The van der Waals surface area contributed by atoms with Gasteiger partial charge in [0.25, 0.3) is 11.8 Å². The van der Waals surface area contributed by atoms with Crippen molar-refractivity contribution in [2.45, 2.75) is 0 Å². The predicted octanol–water partition coefficient (Wildman–Crippen LogP) is 1.62. The van der Waals surface area contributed by atoms with Crippen LogP contribution < -0.4 is 4.74 Å². The molecule has 0 spiro atoms. The van der Waals surface area contributed by atoms with E-state index in [1.165, 1.54) is 0 Å². The SMILES string of the molecule is COc1ccccc1C(=O)N1CCN(C(=O)c2cc[nH]c2)CC1. The molecule has 1 aliphatic rings. The molecular weight excluding hydrogens is 294 g/mol. The summed E-state index contributed by atoms with van der Waals surface area (Å²) in [6.45, 7) is 2.11. The van der Waals surface area contributed by atoms with E-state index in [4.69, 9.17) is 4.74 Å². The number of nitrogens with zero attached hydrogens (tertiary/aromatic N) is 2. The zero-order valence-corrected chi connectivity index (χ0v) is 13.0. The number of benzene rings is 1. The Bertz CT molecular complexity index is 689. The Morgan fingerprint density at radius 1 is 1.00 bits per heavy atom. The highest BCUT2D eigenvalue weighted by Gasteiger charge is 2.26. The van der Waals surface area contributed by atoms with E-state index in [0.29, 0.717) is 43.1 Å². The number of hydrogen-bond acceptors (Lipinski definition) is 3. The van der Waals surface area contributed by atoms with Crippen LogP contribution in [0.4, 0.5) is 0 Å². The summed E-state index contributed by atoms with van der Waals surface area (Å²) in [6.07, 6.45) is 3.42. The molecule has 1 aliphatic heterocycles. The Balaban J connectivity index is 1.65. The highest BCUT2D eigenvalue weighted by atomic mass is 16.5. The number of aromatic nitrogens is 1. The number of rotatable bonds is 3. The van der Waals surface area contributed by atoms with Crippen molar-refractivity contribution in [1.82, 2.24) is 14.8 Å². The lowest BCUT2D eigenvalue weighted by molar-refractivity contribution is 0.0533. The first kappa shape index (κ1) is 15.1. The quantitative estimate of drug-likeness (QED) is 0.936. The van der Waals surface area contributed by atoms with Gasteiger partial charge in [-0.15, -0.1) is 0 Å². The fourth-order valence-corrected chi connectivity index (χ4v) is 2.74. The number of ether oxygens (including phenoxy) is 1. The Morgan fingerprint density at radius 2 is 1.65 bits per heavy atom. The molecule has 1 fully saturated rings. The van der Waals surface area contributed by atoms with Crippen LogP contribution in [0.2, 0.25) is 0 Å². The van der Waals surface area contributed by atoms with Crippen molar-refractivity contribution in [3.05, 3.63) is 53.9 Å². The number of carbonyl (C=O) groups excluding carboxylic acids is 2. The zero-order valence-electron chi connectivity index (χ0n) is 13.0. The van der Waals surface area contributed by atoms with Crippen LogP contribution in [0.25, 0.3) is 0 Å². The van der Waals surface area contributed by atoms with Crippen molar-refractivity contribution in [2.24, 2.45) is 0 Å². The largest absolute Gasteiger partial charge is 0.496 e. The molecule has 2 amide bonds. The first-order valence-electron chi connectivity index (χ1n) is 7.55. The third kappa shape index (κ3) is 3.06. The van der Waals surface area contributed by atoms with E-state index >= 15 is 0 Å². The van der Waals surface area contributed by atoms with Crippen molar-refractivity contribution in [3.63, 3.8) is 0 Å². The third-order valence-electron chi connectivity index (χ3n) is 4.04. The average molecular weight is 313 g/mol. The van der Waals surface area contributed by atoms with E-state index in [1.807, 2.05) is 12.1 Å². The van der Waals surface area contributed by atoms with Gasteiger partial charge in [0.2, 0.25) is 0 Å². The lowest BCUT2D eigenvalue weighted by atomic mass is 10.1.